The maximum Gasteiger partial charge on any atom is 0.292 e. The quantitative estimate of drug-likeness (QED) is 0.380. The first kappa shape index (κ1) is 18.0. The molecule has 6 heteroatoms. The lowest BCUT2D eigenvalue weighted by molar-refractivity contribution is -0.384. The van der Waals surface area contributed by atoms with Crippen LogP contribution in [0.3, 0.4) is 0 Å². The van der Waals surface area contributed by atoms with Gasteiger partial charge in [0.15, 0.2) is 0 Å². The van der Waals surface area contributed by atoms with Gasteiger partial charge in [0.1, 0.15) is 11.4 Å². The summed E-state index contributed by atoms with van der Waals surface area (Å²) >= 11 is 3.55. The highest BCUT2D eigenvalue weighted by molar-refractivity contribution is 9.10. The van der Waals surface area contributed by atoms with Gasteiger partial charge in [0, 0.05) is 22.0 Å². The predicted molar refractivity (Wildman–Crippen MR) is 110 cm³/mol. The number of nitro benzene ring substituents is 1. The minimum Gasteiger partial charge on any atom is -0.496 e. The highest BCUT2D eigenvalue weighted by Crippen LogP contribution is 2.54. The van der Waals surface area contributed by atoms with Crippen LogP contribution in [0.25, 0.3) is 0 Å². The van der Waals surface area contributed by atoms with Gasteiger partial charge in [-0.05, 0) is 61.1 Å². The van der Waals surface area contributed by atoms with Gasteiger partial charge in [-0.25, -0.2) is 0 Å². The van der Waals surface area contributed by atoms with Crippen LogP contribution >= 0.6 is 15.9 Å². The number of nitrogens with one attached hydrogen (secondary N) is 1. The van der Waals surface area contributed by atoms with Crippen LogP contribution in [-0.2, 0) is 0 Å². The largest absolute Gasteiger partial charge is 0.496 e. The van der Waals surface area contributed by atoms with Crippen molar-refractivity contribution in [2.24, 2.45) is 5.92 Å². The van der Waals surface area contributed by atoms with Gasteiger partial charge in [0.2, 0.25) is 0 Å². The van der Waals surface area contributed by atoms with Crippen LogP contribution in [0.15, 0.2) is 40.9 Å². The summed E-state index contributed by atoms with van der Waals surface area (Å²) in [6.07, 6.45) is 5.33. The summed E-state index contributed by atoms with van der Waals surface area (Å²) in [6.45, 7) is 4.00. The van der Waals surface area contributed by atoms with Gasteiger partial charge in [-0.15, -0.1) is 0 Å². The zero-order valence-electron chi connectivity index (χ0n) is 15.5. The first-order valence-corrected chi connectivity index (χ1v) is 9.76. The number of rotatable bonds is 3. The molecule has 1 aliphatic carbocycles. The summed E-state index contributed by atoms with van der Waals surface area (Å²) < 4.78 is 6.56. The molecule has 0 bridgehead atoms. The fourth-order valence-corrected chi connectivity index (χ4v) is 4.86. The molecule has 0 unspecified atom stereocenters. The van der Waals surface area contributed by atoms with E-state index in [2.05, 4.69) is 40.3 Å². The molecule has 2 aromatic carbocycles. The standard InChI is InChI=1S/C21H21BrN2O3/c1-11-9-17(24(25)26)21-19(12(11)2)14-5-4-6-15(14)20(23-21)16-10-13(22)7-8-18(16)27-3/h4-5,7-10,14-15,20,23H,6H2,1-3H3/t14-,15+,20-/m1/s1. The number of hydrogen-bond acceptors (Lipinski definition) is 4. The predicted octanol–water partition coefficient (Wildman–Crippen LogP) is 5.81. The van der Waals surface area contributed by atoms with Crippen molar-refractivity contribution in [1.29, 1.82) is 0 Å². The SMILES string of the molecule is COc1ccc(Br)cc1[C@@H]1Nc2c([N+](=O)[O-])cc(C)c(C)c2[C@@H]2C=CC[C@@H]21. The Kier molecular flexibility index (Phi) is 4.46. The van der Waals surface area contributed by atoms with Gasteiger partial charge < -0.3 is 10.1 Å². The molecule has 5 nitrogen and oxygen atoms in total. The number of benzene rings is 2. The number of allylic oxidation sites excluding steroid dienone is 2. The Hall–Kier alpha value is -2.34. The molecule has 0 saturated carbocycles. The van der Waals surface area contributed by atoms with Crippen LogP contribution in [-0.4, -0.2) is 12.0 Å². The van der Waals surface area contributed by atoms with E-state index in [9.17, 15) is 10.1 Å². The molecule has 0 radical (unpaired) electrons. The molecule has 2 aliphatic rings. The second kappa shape index (κ2) is 6.68. The van der Waals surface area contributed by atoms with Gasteiger partial charge in [0.25, 0.3) is 5.69 Å². The highest BCUT2D eigenvalue weighted by Gasteiger charge is 2.42. The fourth-order valence-electron chi connectivity index (χ4n) is 4.48. The van der Waals surface area contributed by atoms with Crippen LogP contribution in [0.5, 0.6) is 5.75 Å². The van der Waals surface area contributed by atoms with E-state index in [-0.39, 0.29) is 22.6 Å². The number of nitrogens with zero attached hydrogens (tertiary/aromatic N) is 1. The van der Waals surface area contributed by atoms with Gasteiger partial charge >= 0.3 is 0 Å². The second-order valence-electron chi connectivity index (χ2n) is 7.25. The Morgan fingerprint density at radius 1 is 1.30 bits per heavy atom. The lowest BCUT2D eigenvalue weighted by Crippen LogP contribution is -2.30. The number of halogens is 1. The molecule has 0 spiro atoms. The lowest BCUT2D eigenvalue weighted by Gasteiger charge is -2.38. The summed E-state index contributed by atoms with van der Waals surface area (Å²) in [5.41, 5.74) is 4.95. The van der Waals surface area contributed by atoms with Gasteiger partial charge in [-0.1, -0.05) is 28.1 Å². The van der Waals surface area contributed by atoms with E-state index < -0.39 is 0 Å². The van der Waals surface area contributed by atoms with E-state index >= 15 is 0 Å². The van der Waals surface area contributed by atoms with Crippen LogP contribution in [0.4, 0.5) is 11.4 Å². The third-order valence-corrected chi connectivity index (χ3v) is 6.37. The van der Waals surface area contributed by atoms with Crippen LogP contribution in [0.2, 0.25) is 0 Å². The molecule has 1 N–H and O–H groups in total. The van der Waals surface area contributed by atoms with Crippen molar-refractivity contribution in [3.63, 3.8) is 0 Å². The zero-order chi connectivity index (χ0) is 19.3. The maximum absolute atomic E-state index is 11.8. The smallest absolute Gasteiger partial charge is 0.292 e. The Balaban J connectivity index is 1.93. The van der Waals surface area contributed by atoms with E-state index in [0.29, 0.717) is 11.6 Å². The minimum absolute atomic E-state index is 0.0641. The molecule has 4 rings (SSSR count). The van der Waals surface area contributed by atoms with E-state index in [1.54, 1.807) is 13.2 Å². The molecule has 0 aromatic heterocycles. The van der Waals surface area contributed by atoms with Crippen LogP contribution in [0, 0.1) is 29.9 Å². The third-order valence-electron chi connectivity index (χ3n) is 5.87. The topological polar surface area (TPSA) is 64.4 Å². The van der Waals surface area contributed by atoms with Crippen molar-refractivity contribution >= 4 is 27.3 Å². The molecular formula is C21H21BrN2O3. The number of aryl methyl sites for hydroxylation is 1. The molecular weight excluding hydrogens is 408 g/mol. The molecule has 0 amide bonds. The van der Waals surface area contributed by atoms with Gasteiger partial charge in [0.05, 0.1) is 18.1 Å². The Morgan fingerprint density at radius 2 is 2.07 bits per heavy atom. The van der Waals surface area contributed by atoms with E-state index in [1.165, 1.54) is 0 Å². The number of hydrogen-bond donors (Lipinski definition) is 1. The van der Waals surface area contributed by atoms with Crippen molar-refractivity contribution in [1.82, 2.24) is 0 Å². The molecule has 1 aliphatic heterocycles. The average molecular weight is 429 g/mol. The zero-order valence-corrected chi connectivity index (χ0v) is 17.0. The molecule has 27 heavy (non-hydrogen) atoms. The van der Waals surface area contributed by atoms with Crippen molar-refractivity contribution in [3.8, 4) is 5.75 Å². The maximum atomic E-state index is 11.8. The highest BCUT2D eigenvalue weighted by atomic mass is 79.9. The summed E-state index contributed by atoms with van der Waals surface area (Å²) in [5, 5.41) is 15.3. The van der Waals surface area contributed by atoms with Crippen LogP contribution < -0.4 is 10.1 Å². The molecule has 0 saturated heterocycles. The summed E-state index contributed by atoms with van der Waals surface area (Å²) in [7, 11) is 1.66. The first-order chi connectivity index (χ1) is 12.9. The number of methoxy groups -OCH3 is 1. The van der Waals surface area contributed by atoms with E-state index in [1.807, 2.05) is 25.1 Å². The molecule has 3 atom stereocenters. The van der Waals surface area contributed by atoms with E-state index in [0.717, 1.165) is 38.9 Å². The summed E-state index contributed by atoms with van der Waals surface area (Å²) in [5.74, 6) is 1.24. The van der Waals surface area contributed by atoms with Crippen molar-refractivity contribution in [3.05, 3.63) is 73.3 Å². The van der Waals surface area contributed by atoms with Gasteiger partial charge in [-0.2, -0.15) is 0 Å². The van der Waals surface area contributed by atoms with Crippen LogP contribution in [0.1, 0.15) is 40.6 Å². The Morgan fingerprint density at radius 3 is 2.78 bits per heavy atom. The number of ether oxygens (including phenoxy) is 1. The Bertz CT molecular complexity index is 970. The average Bonchev–Trinajstić information content (AvgIpc) is 3.13. The van der Waals surface area contributed by atoms with Crippen molar-refractivity contribution in [2.75, 3.05) is 12.4 Å². The Labute approximate surface area is 166 Å². The fraction of sp³-hybridized carbons (Fsp3) is 0.333. The number of fused-ring (bicyclic) bond motifs is 3. The summed E-state index contributed by atoms with van der Waals surface area (Å²) in [6, 6.07) is 7.53. The first-order valence-electron chi connectivity index (χ1n) is 8.97. The van der Waals surface area contributed by atoms with Crippen molar-refractivity contribution < 1.29 is 9.66 Å². The van der Waals surface area contributed by atoms with Gasteiger partial charge in [-0.3, -0.25) is 10.1 Å². The minimum atomic E-state index is -0.285. The molecule has 0 fully saturated rings. The molecule has 2 aromatic rings. The monoisotopic (exact) mass is 428 g/mol. The number of nitro groups is 1. The van der Waals surface area contributed by atoms with Crippen molar-refractivity contribution in [2.45, 2.75) is 32.2 Å². The molecule has 140 valence electrons. The second-order valence-corrected chi connectivity index (χ2v) is 8.16. The van der Waals surface area contributed by atoms with E-state index in [4.69, 9.17) is 4.74 Å². The molecule has 1 heterocycles. The summed E-state index contributed by atoms with van der Waals surface area (Å²) in [4.78, 5) is 11.5. The normalized spacial score (nSPS) is 22.7. The lowest BCUT2D eigenvalue weighted by atomic mass is 9.74. The third kappa shape index (κ3) is 2.83. The number of anilines is 1.